The first-order chi connectivity index (χ1) is 16.4. The van der Waals surface area contributed by atoms with Crippen molar-refractivity contribution < 1.29 is 28.7 Å². The lowest BCUT2D eigenvalue weighted by molar-refractivity contribution is 0.285. The van der Waals surface area contributed by atoms with Crippen LogP contribution in [-0.2, 0) is 11.0 Å². The summed E-state index contributed by atoms with van der Waals surface area (Å²) in [5.41, 5.74) is 1.27. The zero-order valence-corrected chi connectivity index (χ0v) is 20.4. The molecule has 0 saturated carbocycles. The molecule has 0 aliphatic carbocycles. The van der Waals surface area contributed by atoms with E-state index in [0.29, 0.717) is 17.5 Å². The van der Waals surface area contributed by atoms with E-state index in [9.17, 15) is 19.7 Å². The molecule has 0 aromatic heterocycles. The smallest absolute Gasteiger partial charge is 0.507 e. The number of hydrogen-bond donors (Lipinski definition) is 3. The number of phosphoric ester groups is 1. The van der Waals surface area contributed by atoms with Crippen LogP contribution in [0.1, 0.15) is 57.4 Å². The molecule has 0 fully saturated rings. The van der Waals surface area contributed by atoms with Crippen LogP contribution in [0.2, 0.25) is 0 Å². The van der Waals surface area contributed by atoms with E-state index in [1.165, 1.54) is 43.9 Å². The number of phenols is 2. The molecule has 0 aliphatic heterocycles. The van der Waals surface area contributed by atoms with Crippen LogP contribution >= 0.6 is 7.82 Å². The summed E-state index contributed by atoms with van der Waals surface area (Å²) in [7, 11) is -4.66. The number of aromatic hydroxyl groups is 2. The Labute approximate surface area is 201 Å². The first-order valence-electron chi connectivity index (χ1n) is 11.8. The molecule has 34 heavy (non-hydrogen) atoms. The van der Waals surface area contributed by atoms with Gasteiger partial charge in [-0.25, -0.2) is 4.57 Å². The molecule has 3 N–H and O–H groups in total. The Morgan fingerprint density at radius 2 is 1.38 bits per heavy atom. The second kappa shape index (κ2) is 12.5. The molecule has 182 valence electrons. The molecule has 0 radical (unpaired) electrons. The van der Waals surface area contributed by atoms with Crippen LogP contribution in [0, 0.1) is 0 Å². The minimum Gasteiger partial charge on any atom is -0.507 e. The Bertz CT molecular complexity index is 1090. The van der Waals surface area contributed by atoms with E-state index in [0.717, 1.165) is 19.3 Å². The molecule has 6 nitrogen and oxygen atoms in total. The third kappa shape index (κ3) is 7.28. The highest BCUT2D eigenvalue weighted by molar-refractivity contribution is 7.48. The average molecular weight is 485 g/mol. The number of hydrogen-bond acceptors (Lipinski definition) is 5. The number of phenolic OH excluding ortho intramolecular Hbond substituents is 2. The summed E-state index contributed by atoms with van der Waals surface area (Å²) in [5.74, 6) is -0.562. The van der Waals surface area contributed by atoms with Gasteiger partial charge in [0.1, 0.15) is 11.5 Å². The second-order valence-electron chi connectivity index (χ2n) is 8.31. The van der Waals surface area contributed by atoms with Gasteiger partial charge in [-0.3, -0.25) is 4.89 Å². The molecule has 0 spiro atoms. The number of para-hydroxylation sites is 1. The summed E-state index contributed by atoms with van der Waals surface area (Å²) in [6.07, 6.45) is 8.48. The van der Waals surface area contributed by atoms with E-state index in [2.05, 4.69) is 6.92 Å². The third-order valence-electron chi connectivity index (χ3n) is 5.59. The van der Waals surface area contributed by atoms with Crippen molar-refractivity contribution in [2.24, 2.45) is 0 Å². The summed E-state index contributed by atoms with van der Waals surface area (Å²) in [6.45, 7) is 2.19. The van der Waals surface area contributed by atoms with Gasteiger partial charge in [0, 0.05) is 0 Å². The first-order valence-corrected chi connectivity index (χ1v) is 13.3. The lowest BCUT2D eigenvalue weighted by Gasteiger charge is -2.20. The standard InChI is InChI=1S/C27H33O6P/c1-2-3-4-5-6-7-10-17-22-20-24(28)27(25(26(22)29)21-15-11-8-12-16-21)33-34(30,31)32-23-18-13-9-14-19-23/h8-9,11-16,18-20,28-29H,2-7,10,17H2,1H3,(H,30,31). The van der Waals surface area contributed by atoms with Gasteiger partial charge in [-0.15, -0.1) is 0 Å². The minimum atomic E-state index is -4.66. The highest BCUT2D eigenvalue weighted by atomic mass is 31.2. The zero-order chi connectivity index (χ0) is 24.4. The molecule has 0 amide bonds. The molecule has 3 rings (SSSR count). The van der Waals surface area contributed by atoms with Crippen LogP contribution in [0.4, 0.5) is 0 Å². The normalized spacial score (nSPS) is 12.8. The molecule has 7 heteroatoms. The van der Waals surface area contributed by atoms with E-state index in [4.69, 9.17) is 9.05 Å². The Morgan fingerprint density at radius 1 is 0.794 bits per heavy atom. The van der Waals surface area contributed by atoms with Crippen LogP contribution in [-0.4, -0.2) is 15.1 Å². The van der Waals surface area contributed by atoms with Crippen molar-refractivity contribution in [1.29, 1.82) is 0 Å². The van der Waals surface area contributed by atoms with E-state index >= 15 is 0 Å². The SMILES string of the molecule is CCCCCCCCCc1cc(O)c(OP(=O)(O)Oc2ccccc2)c(-c2ccccc2)c1O. The summed E-state index contributed by atoms with van der Waals surface area (Å²) < 4.78 is 23.2. The lowest BCUT2D eigenvalue weighted by atomic mass is 9.96. The summed E-state index contributed by atoms with van der Waals surface area (Å²) >= 11 is 0. The van der Waals surface area contributed by atoms with Crippen LogP contribution in [0.3, 0.4) is 0 Å². The first kappa shape index (κ1) is 25.7. The highest BCUT2D eigenvalue weighted by Crippen LogP contribution is 2.53. The Hall–Kier alpha value is -2.95. The zero-order valence-electron chi connectivity index (χ0n) is 19.5. The van der Waals surface area contributed by atoms with E-state index in [1.54, 1.807) is 42.5 Å². The molecule has 1 atom stereocenters. The fraction of sp³-hybridized carbons (Fsp3) is 0.333. The van der Waals surface area contributed by atoms with Crippen molar-refractivity contribution >= 4 is 7.82 Å². The predicted octanol–water partition coefficient (Wildman–Crippen LogP) is 7.62. The van der Waals surface area contributed by atoms with Gasteiger partial charge in [0.2, 0.25) is 0 Å². The fourth-order valence-electron chi connectivity index (χ4n) is 3.87. The molecule has 0 bridgehead atoms. The molecule has 0 aliphatic rings. The average Bonchev–Trinajstić information content (AvgIpc) is 2.82. The van der Waals surface area contributed by atoms with E-state index in [1.807, 2.05) is 6.07 Å². The predicted molar refractivity (Wildman–Crippen MR) is 134 cm³/mol. The maximum atomic E-state index is 12.7. The maximum absolute atomic E-state index is 12.7. The van der Waals surface area contributed by atoms with Gasteiger partial charge < -0.3 is 19.3 Å². The minimum absolute atomic E-state index is 0.0790. The van der Waals surface area contributed by atoms with Crippen LogP contribution < -0.4 is 9.05 Å². The molecule has 1 unspecified atom stereocenters. The van der Waals surface area contributed by atoms with Crippen molar-refractivity contribution in [1.82, 2.24) is 0 Å². The molecule has 0 heterocycles. The van der Waals surface area contributed by atoms with Crippen LogP contribution in [0.5, 0.6) is 23.0 Å². The van der Waals surface area contributed by atoms with Gasteiger partial charge in [-0.2, -0.15) is 0 Å². The largest absolute Gasteiger partial charge is 0.585 e. The molecular weight excluding hydrogens is 451 g/mol. The van der Waals surface area contributed by atoms with Crippen LogP contribution in [0.25, 0.3) is 11.1 Å². The molecule has 3 aromatic carbocycles. The van der Waals surface area contributed by atoms with Crippen molar-refractivity contribution in [3.8, 4) is 34.1 Å². The van der Waals surface area contributed by atoms with Gasteiger partial charge in [0.25, 0.3) is 0 Å². The topological polar surface area (TPSA) is 96.2 Å². The summed E-state index contributed by atoms with van der Waals surface area (Å²) in [5, 5.41) is 21.9. The Kier molecular flexibility index (Phi) is 9.43. The van der Waals surface area contributed by atoms with Gasteiger partial charge in [0.15, 0.2) is 11.5 Å². The second-order valence-corrected chi connectivity index (χ2v) is 9.61. The number of benzene rings is 3. The third-order valence-corrected chi connectivity index (χ3v) is 6.45. The Morgan fingerprint density at radius 3 is 2.03 bits per heavy atom. The van der Waals surface area contributed by atoms with Crippen LogP contribution in [0.15, 0.2) is 66.7 Å². The Balaban J connectivity index is 1.84. The van der Waals surface area contributed by atoms with Gasteiger partial charge in [-0.05, 0) is 42.2 Å². The maximum Gasteiger partial charge on any atom is 0.585 e. The molecule has 3 aromatic rings. The number of aryl methyl sites for hydroxylation is 1. The molecule has 0 saturated heterocycles. The van der Waals surface area contributed by atoms with Gasteiger partial charge in [-0.1, -0.05) is 94.0 Å². The fourth-order valence-corrected chi connectivity index (χ4v) is 4.71. The van der Waals surface area contributed by atoms with Crippen molar-refractivity contribution in [2.45, 2.75) is 58.3 Å². The summed E-state index contributed by atoms with van der Waals surface area (Å²) in [6, 6.07) is 18.3. The lowest BCUT2D eigenvalue weighted by Crippen LogP contribution is -2.02. The van der Waals surface area contributed by atoms with Crippen molar-refractivity contribution in [3.63, 3.8) is 0 Å². The van der Waals surface area contributed by atoms with E-state index in [-0.39, 0.29) is 28.6 Å². The summed E-state index contributed by atoms with van der Waals surface area (Å²) in [4.78, 5) is 10.4. The van der Waals surface area contributed by atoms with Crippen molar-refractivity contribution in [2.75, 3.05) is 0 Å². The quantitative estimate of drug-likeness (QED) is 0.131. The highest BCUT2D eigenvalue weighted by Gasteiger charge is 2.31. The van der Waals surface area contributed by atoms with Gasteiger partial charge in [0.05, 0.1) is 5.56 Å². The monoisotopic (exact) mass is 484 g/mol. The van der Waals surface area contributed by atoms with E-state index < -0.39 is 7.82 Å². The number of rotatable bonds is 13. The number of unbranched alkanes of at least 4 members (excludes halogenated alkanes) is 6. The number of phosphoric acid groups is 1. The van der Waals surface area contributed by atoms with Gasteiger partial charge >= 0.3 is 7.82 Å². The van der Waals surface area contributed by atoms with Crippen molar-refractivity contribution in [3.05, 3.63) is 72.3 Å². The molecular formula is C27H33O6P.